The van der Waals surface area contributed by atoms with Crippen molar-refractivity contribution in [3.05, 3.63) is 58.9 Å². The molecule has 1 spiro atoms. The van der Waals surface area contributed by atoms with Gasteiger partial charge in [0.25, 0.3) is 5.91 Å². The van der Waals surface area contributed by atoms with Crippen LogP contribution in [0.25, 0.3) is 0 Å². The van der Waals surface area contributed by atoms with Gasteiger partial charge in [-0.3, -0.25) is 4.79 Å². The molecule has 2 heterocycles. The first-order valence-corrected chi connectivity index (χ1v) is 9.44. The van der Waals surface area contributed by atoms with Crippen LogP contribution in [0.15, 0.2) is 36.4 Å². The lowest BCUT2D eigenvalue weighted by Crippen LogP contribution is -2.50. The molecular formula is C22H24FNO4. The Balaban J connectivity index is 1.77. The summed E-state index contributed by atoms with van der Waals surface area (Å²) in [5, 5.41) is 0. The number of hydrogen-bond acceptors (Lipinski definition) is 4. The number of methoxy groups -OCH3 is 2. The SMILES string of the molecule is COc1cc2c(cc1OC)C1(CCOCC1)CN(C(=O)c1cccc(F)c1)C2. The topological polar surface area (TPSA) is 48.0 Å². The molecule has 2 aromatic rings. The summed E-state index contributed by atoms with van der Waals surface area (Å²) in [6.45, 7) is 2.33. The van der Waals surface area contributed by atoms with E-state index in [1.165, 1.54) is 17.7 Å². The number of hydrogen-bond donors (Lipinski definition) is 0. The maximum atomic E-state index is 13.6. The van der Waals surface area contributed by atoms with Gasteiger partial charge in [-0.25, -0.2) is 4.39 Å². The van der Waals surface area contributed by atoms with Gasteiger partial charge in [0.15, 0.2) is 11.5 Å². The first-order valence-electron chi connectivity index (χ1n) is 9.44. The molecule has 1 fully saturated rings. The van der Waals surface area contributed by atoms with Crippen LogP contribution >= 0.6 is 0 Å². The third kappa shape index (κ3) is 3.22. The molecule has 1 saturated heterocycles. The number of halogens is 1. The van der Waals surface area contributed by atoms with Crippen molar-refractivity contribution in [3.8, 4) is 11.5 Å². The maximum Gasteiger partial charge on any atom is 0.254 e. The van der Waals surface area contributed by atoms with Crippen molar-refractivity contribution in [1.29, 1.82) is 0 Å². The van der Waals surface area contributed by atoms with Crippen LogP contribution in [-0.4, -0.2) is 44.8 Å². The predicted molar refractivity (Wildman–Crippen MR) is 102 cm³/mol. The van der Waals surface area contributed by atoms with Gasteiger partial charge in [-0.15, -0.1) is 0 Å². The molecule has 5 nitrogen and oxygen atoms in total. The van der Waals surface area contributed by atoms with Gasteiger partial charge < -0.3 is 19.1 Å². The zero-order chi connectivity index (χ0) is 19.7. The number of benzene rings is 2. The van der Waals surface area contributed by atoms with Crippen molar-refractivity contribution in [2.45, 2.75) is 24.8 Å². The lowest BCUT2D eigenvalue weighted by molar-refractivity contribution is 0.0236. The summed E-state index contributed by atoms with van der Waals surface area (Å²) in [4.78, 5) is 15.0. The fourth-order valence-electron chi connectivity index (χ4n) is 4.39. The van der Waals surface area contributed by atoms with Crippen LogP contribution in [-0.2, 0) is 16.7 Å². The molecule has 148 valence electrons. The summed E-state index contributed by atoms with van der Waals surface area (Å²) in [6, 6.07) is 9.87. The molecule has 0 saturated carbocycles. The normalized spacial score (nSPS) is 17.9. The Bertz CT molecular complexity index is 892. The predicted octanol–water partition coefficient (Wildman–Crippen LogP) is 3.55. The number of carbonyl (C=O) groups excluding carboxylic acids is 1. The Morgan fingerprint density at radius 2 is 1.82 bits per heavy atom. The summed E-state index contributed by atoms with van der Waals surface area (Å²) >= 11 is 0. The molecule has 4 rings (SSSR count). The summed E-state index contributed by atoms with van der Waals surface area (Å²) in [7, 11) is 3.23. The van der Waals surface area contributed by atoms with E-state index in [9.17, 15) is 9.18 Å². The molecule has 0 unspecified atom stereocenters. The van der Waals surface area contributed by atoms with Gasteiger partial charge in [-0.2, -0.15) is 0 Å². The lowest BCUT2D eigenvalue weighted by Gasteiger charge is -2.46. The fourth-order valence-corrected chi connectivity index (χ4v) is 4.39. The summed E-state index contributed by atoms with van der Waals surface area (Å²) in [5.74, 6) is 0.766. The number of amides is 1. The van der Waals surface area contributed by atoms with Crippen LogP contribution in [0.2, 0.25) is 0 Å². The molecule has 0 aromatic heterocycles. The second kappa shape index (κ2) is 7.43. The number of rotatable bonds is 3. The minimum absolute atomic E-state index is 0.161. The smallest absolute Gasteiger partial charge is 0.254 e. The van der Waals surface area contributed by atoms with E-state index in [4.69, 9.17) is 14.2 Å². The van der Waals surface area contributed by atoms with E-state index in [1.54, 1.807) is 26.4 Å². The Hall–Kier alpha value is -2.60. The van der Waals surface area contributed by atoms with Crippen molar-refractivity contribution in [3.63, 3.8) is 0 Å². The third-order valence-corrected chi connectivity index (χ3v) is 5.84. The Morgan fingerprint density at radius 1 is 1.11 bits per heavy atom. The average molecular weight is 385 g/mol. The molecule has 0 atom stereocenters. The van der Waals surface area contributed by atoms with Gasteiger partial charge >= 0.3 is 0 Å². The molecule has 0 aliphatic carbocycles. The van der Waals surface area contributed by atoms with Gasteiger partial charge in [-0.05, 0) is 54.3 Å². The van der Waals surface area contributed by atoms with Crippen LogP contribution in [0.3, 0.4) is 0 Å². The highest BCUT2D eigenvalue weighted by Gasteiger charge is 2.43. The van der Waals surface area contributed by atoms with Gasteiger partial charge in [0.2, 0.25) is 0 Å². The molecule has 0 bridgehead atoms. The molecule has 0 radical (unpaired) electrons. The van der Waals surface area contributed by atoms with Crippen LogP contribution in [0, 0.1) is 5.82 Å². The first-order chi connectivity index (χ1) is 13.6. The Kier molecular flexibility index (Phi) is 4.98. The van der Waals surface area contributed by atoms with Crippen molar-refractivity contribution in [1.82, 2.24) is 4.90 Å². The summed E-state index contributed by atoms with van der Waals surface area (Å²) in [6.07, 6.45) is 1.64. The highest BCUT2D eigenvalue weighted by atomic mass is 19.1. The van der Waals surface area contributed by atoms with Crippen molar-refractivity contribution < 1.29 is 23.4 Å². The largest absolute Gasteiger partial charge is 0.493 e. The first kappa shape index (κ1) is 18.7. The highest BCUT2D eigenvalue weighted by molar-refractivity contribution is 5.94. The quantitative estimate of drug-likeness (QED) is 0.811. The minimum atomic E-state index is -0.407. The van der Waals surface area contributed by atoms with Crippen LogP contribution < -0.4 is 9.47 Å². The van der Waals surface area contributed by atoms with Gasteiger partial charge in [0, 0.05) is 37.3 Å². The zero-order valence-electron chi connectivity index (χ0n) is 16.2. The van der Waals surface area contributed by atoms with E-state index in [0.717, 1.165) is 18.4 Å². The van der Waals surface area contributed by atoms with Gasteiger partial charge in [0.05, 0.1) is 14.2 Å². The third-order valence-electron chi connectivity index (χ3n) is 5.84. The number of fused-ring (bicyclic) bond motifs is 2. The lowest BCUT2D eigenvalue weighted by atomic mass is 9.69. The van der Waals surface area contributed by atoms with Crippen molar-refractivity contribution >= 4 is 5.91 Å². The van der Waals surface area contributed by atoms with E-state index in [1.807, 2.05) is 17.0 Å². The molecule has 6 heteroatoms. The molecule has 28 heavy (non-hydrogen) atoms. The molecular weight excluding hydrogens is 361 g/mol. The summed E-state index contributed by atoms with van der Waals surface area (Å²) in [5.41, 5.74) is 2.40. The standard InChI is InChI=1S/C22H24FNO4/c1-26-19-11-16-13-24(21(25)15-4-3-5-17(23)10-15)14-22(6-8-28-9-7-22)18(16)12-20(19)27-2/h3-5,10-12H,6-9,13-14H2,1-2H3. The van der Waals surface area contributed by atoms with Crippen molar-refractivity contribution in [2.24, 2.45) is 0 Å². The van der Waals surface area contributed by atoms with E-state index in [-0.39, 0.29) is 11.3 Å². The van der Waals surface area contributed by atoms with Gasteiger partial charge in [0.1, 0.15) is 5.82 Å². The van der Waals surface area contributed by atoms with Crippen LogP contribution in [0.4, 0.5) is 4.39 Å². The van der Waals surface area contributed by atoms with E-state index < -0.39 is 5.82 Å². The fraction of sp³-hybridized carbons (Fsp3) is 0.409. The molecule has 0 N–H and O–H groups in total. The number of carbonyl (C=O) groups is 1. The number of nitrogens with zero attached hydrogens (tertiary/aromatic N) is 1. The van der Waals surface area contributed by atoms with Crippen LogP contribution in [0.5, 0.6) is 11.5 Å². The highest BCUT2D eigenvalue weighted by Crippen LogP contribution is 2.45. The van der Waals surface area contributed by atoms with E-state index >= 15 is 0 Å². The molecule has 2 aliphatic rings. The summed E-state index contributed by atoms with van der Waals surface area (Å²) < 4.78 is 30.2. The molecule has 1 amide bonds. The Morgan fingerprint density at radius 3 is 2.50 bits per heavy atom. The maximum absolute atomic E-state index is 13.6. The average Bonchev–Trinajstić information content (AvgIpc) is 2.73. The van der Waals surface area contributed by atoms with E-state index in [0.29, 0.717) is 43.4 Å². The Labute approximate surface area is 164 Å². The van der Waals surface area contributed by atoms with Crippen molar-refractivity contribution in [2.75, 3.05) is 34.0 Å². The second-order valence-corrected chi connectivity index (χ2v) is 7.43. The molecule has 2 aliphatic heterocycles. The molecule has 2 aromatic carbocycles. The monoisotopic (exact) mass is 385 g/mol. The van der Waals surface area contributed by atoms with Gasteiger partial charge in [-0.1, -0.05) is 6.07 Å². The van der Waals surface area contributed by atoms with Crippen LogP contribution in [0.1, 0.15) is 34.3 Å². The number of ether oxygens (including phenoxy) is 3. The second-order valence-electron chi connectivity index (χ2n) is 7.43. The zero-order valence-corrected chi connectivity index (χ0v) is 16.2. The van der Waals surface area contributed by atoms with E-state index in [2.05, 4.69) is 0 Å². The minimum Gasteiger partial charge on any atom is -0.493 e.